The third kappa shape index (κ3) is 4.97. The van der Waals surface area contributed by atoms with E-state index in [1.807, 2.05) is 13.8 Å². The summed E-state index contributed by atoms with van der Waals surface area (Å²) in [6.07, 6.45) is 0.764. The molecule has 0 aromatic heterocycles. The molecule has 2 aromatic rings. The van der Waals surface area contributed by atoms with Gasteiger partial charge in [0.15, 0.2) is 0 Å². The second-order valence-corrected chi connectivity index (χ2v) is 8.61. The fourth-order valence-corrected chi connectivity index (χ4v) is 3.42. The first-order valence-electron chi connectivity index (χ1n) is 8.76. The summed E-state index contributed by atoms with van der Waals surface area (Å²) in [5.41, 5.74) is -0.0675. The van der Waals surface area contributed by atoms with E-state index in [0.717, 1.165) is 24.6 Å². The van der Waals surface area contributed by atoms with Crippen LogP contribution in [0.5, 0.6) is 17.2 Å². The van der Waals surface area contributed by atoms with Crippen LogP contribution in [0.4, 0.5) is 17.1 Å². The molecule has 0 atom stereocenters. The van der Waals surface area contributed by atoms with Crippen LogP contribution in [0.15, 0.2) is 40.6 Å². The number of nitro groups is 1. The van der Waals surface area contributed by atoms with Gasteiger partial charge < -0.3 is 15.3 Å². The number of azo groups is 1. The van der Waals surface area contributed by atoms with Crippen molar-refractivity contribution in [2.75, 3.05) is 0 Å². The monoisotopic (exact) mass is 387 g/mol. The van der Waals surface area contributed by atoms with E-state index in [2.05, 4.69) is 31.0 Å². The number of benzene rings is 2. The number of nitrogens with zero attached hydrogens (tertiary/aromatic N) is 3. The summed E-state index contributed by atoms with van der Waals surface area (Å²) in [5.74, 6) is -0.619. The van der Waals surface area contributed by atoms with E-state index in [-0.39, 0.29) is 39.7 Å². The van der Waals surface area contributed by atoms with E-state index in [4.69, 9.17) is 0 Å². The minimum atomic E-state index is -0.608. The topological polar surface area (TPSA) is 129 Å². The Labute approximate surface area is 163 Å². The summed E-state index contributed by atoms with van der Waals surface area (Å²) in [6, 6.07) is 6.12. The van der Waals surface area contributed by atoms with Crippen LogP contribution in [0.3, 0.4) is 0 Å². The van der Waals surface area contributed by atoms with Crippen molar-refractivity contribution in [3.63, 3.8) is 0 Å². The average molecular weight is 387 g/mol. The maximum atomic E-state index is 10.9. The van der Waals surface area contributed by atoms with Gasteiger partial charge in [-0.25, -0.2) is 0 Å². The van der Waals surface area contributed by atoms with Gasteiger partial charge in [-0.05, 0) is 29.4 Å². The molecule has 2 aromatic carbocycles. The lowest BCUT2D eigenvalue weighted by molar-refractivity contribution is -0.384. The van der Waals surface area contributed by atoms with Gasteiger partial charge in [0, 0.05) is 23.8 Å². The number of aromatic hydroxyl groups is 3. The van der Waals surface area contributed by atoms with E-state index in [1.54, 1.807) is 0 Å². The number of non-ortho nitro benzene ring substituents is 1. The Hall–Kier alpha value is -3.16. The van der Waals surface area contributed by atoms with Gasteiger partial charge in [0.25, 0.3) is 5.69 Å². The van der Waals surface area contributed by atoms with E-state index in [1.165, 1.54) is 12.1 Å². The fourth-order valence-electron chi connectivity index (χ4n) is 3.42. The molecular weight excluding hydrogens is 362 g/mol. The summed E-state index contributed by atoms with van der Waals surface area (Å²) >= 11 is 0. The Morgan fingerprint density at radius 3 is 2.00 bits per heavy atom. The largest absolute Gasteiger partial charge is 0.508 e. The molecule has 0 unspecified atom stereocenters. The van der Waals surface area contributed by atoms with Crippen molar-refractivity contribution in [2.24, 2.45) is 15.6 Å². The Bertz CT molecular complexity index is 930. The van der Waals surface area contributed by atoms with E-state index in [9.17, 15) is 25.4 Å². The predicted octanol–water partition coefficient (Wildman–Crippen LogP) is 5.84. The third-order valence-electron chi connectivity index (χ3n) is 4.23. The number of rotatable bonds is 5. The highest BCUT2D eigenvalue weighted by molar-refractivity contribution is 5.60. The number of phenols is 3. The molecule has 3 N–H and O–H groups in total. The minimum absolute atomic E-state index is 0.00424. The second-order valence-electron chi connectivity index (χ2n) is 8.61. The molecule has 0 bridgehead atoms. The molecule has 0 aliphatic carbocycles. The van der Waals surface area contributed by atoms with Crippen molar-refractivity contribution < 1.29 is 20.2 Å². The molecule has 0 amide bonds. The SMILES string of the molecule is CC(C)(C)CC(C)(C)c1cc(N=Nc2cc([N+](=O)[O-])ccc2O)c(O)cc1O. The van der Waals surface area contributed by atoms with Crippen molar-refractivity contribution in [1.82, 2.24) is 0 Å². The van der Waals surface area contributed by atoms with Crippen molar-refractivity contribution in [1.29, 1.82) is 0 Å². The van der Waals surface area contributed by atoms with Gasteiger partial charge >= 0.3 is 0 Å². The summed E-state index contributed by atoms with van der Waals surface area (Å²) in [7, 11) is 0. The van der Waals surface area contributed by atoms with E-state index in [0.29, 0.717) is 5.56 Å². The van der Waals surface area contributed by atoms with Crippen molar-refractivity contribution in [3.05, 3.63) is 46.0 Å². The first-order chi connectivity index (χ1) is 12.8. The van der Waals surface area contributed by atoms with Crippen LogP contribution in [0, 0.1) is 15.5 Å². The molecule has 0 radical (unpaired) electrons. The van der Waals surface area contributed by atoms with Crippen LogP contribution < -0.4 is 0 Å². The smallest absolute Gasteiger partial charge is 0.271 e. The van der Waals surface area contributed by atoms with Gasteiger partial charge in [-0.1, -0.05) is 34.6 Å². The summed E-state index contributed by atoms with van der Waals surface area (Å²) < 4.78 is 0. The highest BCUT2D eigenvalue weighted by Gasteiger charge is 2.30. The summed E-state index contributed by atoms with van der Waals surface area (Å²) in [5, 5.41) is 48.9. The number of nitro benzene ring substituents is 1. The second kappa shape index (κ2) is 7.46. The predicted molar refractivity (Wildman–Crippen MR) is 106 cm³/mol. The lowest BCUT2D eigenvalue weighted by Crippen LogP contribution is -2.24. The molecule has 150 valence electrons. The highest BCUT2D eigenvalue weighted by atomic mass is 16.6. The molecule has 0 saturated carbocycles. The van der Waals surface area contributed by atoms with Crippen molar-refractivity contribution >= 4 is 17.1 Å². The first-order valence-corrected chi connectivity index (χ1v) is 8.76. The van der Waals surface area contributed by atoms with Crippen molar-refractivity contribution in [3.8, 4) is 17.2 Å². The van der Waals surface area contributed by atoms with Gasteiger partial charge in [0.1, 0.15) is 28.6 Å². The van der Waals surface area contributed by atoms with E-state index >= 15 is 0 Å². The highest BCUT2D eigenvalue weighted by Crippen LogP contribution is 2.44. The minimum Gasteiger partial charge on any atom is -0.508 e. The van der Waals surface area contributed by atoms with Gasteiger partial charge in [0.05, 0.1) is 4.92 Å². The van der Waals surface area contributed by atoms with Gasteiger partial charge in [-0.2, -0.15) is 0 Å². The molecule has 0 aliphatic heterocycles. The standard InChI is InChI=1S/C20H25N3O5/c1-19(2,3)11-20(4,5)13-9-15(18(26)10-17(13)25)22-21-14-8-12(23(27)28)6-7-16(14)24/h6-10,24-26H,11H2,1-5H3. The third-order valence-corrected chi connectivity index (χ3v) is 4.23. The van der Waals surface area contributed by atoms with Gasteiger partial charge in [0.2, 0.25) is 0 Å². The molecule has 0 aliphatic rings. The molecule has 2 rings (SSSR count). The van der Waals surface area contributed by atoms with Gasteiger partial charge in [-0.3, -0.25) is 10.1 Å². The van der Waals surface area contributed by atoms with Crippen LogP contribution in [-0.2, 0) is 5.41 Å². The Balaban J connectivity index is 2.46. The quantitative estimate of drug-likeness (QED) is 0.337. The number of phenolic OH excluding ortho intramolecular Hbond substituents is 3. The summed E-state index contributed by atoms with van der Waals surface area (Å²) in [4.78, 5) is 10.3. The van der Waals surface area contributed by atoms with Crippen LogP contribution in [0.25, 0.3) is 0 Å². The summed E-state index contributed by atoms with van der Waals surface area (Å²) in [6.45, 7) is 10.3. The van der Waals surface area contributed by atoms with Crippen LogP contribution in [-0.4, -0.2) is 20.2 Å². The van der Waals surface area contributed by atoms with Gasteiger partial charge in [-0.15, -0.1) is 10.2 Å². The zero-order valence-electron chi connectivity index (χ0n) is 16.6. The molecule has 0 fully saturated rings. The Kier molecular flexibility index (Phi) is 5.63. The zero-order valence-corrected chi connectivity index (χ0v) is 16.6. The lowest BCUT2D eigenvalue weighted by Gasteiger charge is -2.33. The van der Waals surface area contributed by atoms with E-state index < -0.39 is 10.3 Å². The Morgan fingerprint density at radius 2 is 1.46 bits per heavy atom. The lowest BCUT2D eigenvalue weighted by atomic mass is 9.72. The average Bonchev–Trinajstić information content (AvgIpc) is 2.52. The fraction of sp³-hybridized carbons (Fsp3) is 0.400. The molecule has 8 heteroatoms. The number of hydrogen-bond acceptors (Lipinski definition) is 7. The zero-order chi connectivity index (χ0) is 21.3. The van der Waals surface area contributed by atoms with Crippen LogP contribution >= 0.6 is 0 Å². The maximum Gasteiger partial charge on any atom is 0.271 e. The number of hydrogen-bond donors (Lipinski definition) is 3. The molecule has 28 heavy (non-hydrogen) atoms. The molecule has 0 heterocycles. The van der Waals surface area contributed by atoms with Crippen molar-refractivity contribution in [2.45, 2.75) is 46.5 Å². The normalized spacial score (nSPS) is 12.5. The molecule has 0 saturated heterocycles. The molecular formula is C20H25N3O5. The molecule has 8 nitrogen and oxygen atoms in total. The van der Waals surface area contributed by atoms with Crippen LogP contribution in [0.2, 0.25) is 0 Å². The Morgan fingerprint density at radius 1 is 0.893 bits per heavy atom. The molecule has 0 spiro atoms. The first kappa shape index (κ1) is 21.1. The maximum absolute atomic E-state index is 10.9. The van der Waals surface area contributed by atoms with Crippen LogP contribution in [0.1, 0.15) is 46.6 Å².